The number of halogens is 1. The highest BCUT2D eigenvalue weighted by Gasteiger charge is 2.17. The first-order chi connectivity index (χ1) is 10.2. The highest BCUT2D eigenvalue weighted by Crippen LogP contribution is 2.15. The molecule has 1 heterocycles. The minimum Gasteiger partial charge on any atom is -0.339 e. The summed E-state index contributed by atoms with van der Waals surface area (Å²) in [5.74, 6) is 0.435. The van der Waals surface area contributed by atoms with Crippen LogP contribution in [0.15, 0.2) is 24.3 Å². The number of rotatable bonds is 4. The lowest BCUT2D eigenvalue weighted by atomic mass is 10.1. The Balaban J connectivity index is 1.91. The van der Waals surface area contributed by atoms with Crippen molar-refractivity contribution in [2.75, 3.05) is 30.8 Å². The van der Waals surface area contributed by atoms with Gasteiger partial charge in [-0.3, -0.25) is 4.79 Å². The summed E-state index contributed by atoms with van der Waals surface area (Å²) in [6, 6.07) is 6.66. The fourth-order valence-electron chi connectivity index (χ4n) is 2.31. The van der Waals surface area contributed by atoms with Crippen LogP contribution in [0.1, 0.15) is 29.6 Å². The van der Waals surface area contributed by atoms with E-state index in [1.54, 1.807) is 24.3 Å². The van der Waals surface area contributed by atoms with E-state index in [0.717, 1.165) is 25.9 Å². The van der Waals surface area contributed by atoms with Gasteiger partial charge in [-0.15, -0.1) is 11.6 Å². The summed E-state index contributed by atoms with van der Waals surface area (Å²) in [6.45, 7) is 2.08. The van der Waals surface area contributed by atoms with E-state index in [2.05, 4.69) is 10.6 Å². The minimum absolute atomic E-state index is 0.0628. The molecule has 1 aliphatic heterocycles. The molecule has 1 aromatic carbocycles. The third kappa shape index (κ3) is 4.63. The van der Waals surface area contributed by atoms with Crippen LogP contribution in [0.4, 0.5) is 10.5 Å². The van der Waals surface area contributed by atoms with E-state index in [4.69, 9.17) is 11.6 Å². The van der Waals surface area contributed by atoms with Crippen molar-refractivity contribution in [3.8, 4) is 0 Å². The number of hydrogen-bond donors (Lipinski definition) is 2. The third-order valence-electron chi connectivity index (χ3n) is 3.41. The summed E-state index contributed by atoms with van der Waals surface area (Å²) in [4.78, 5) is 25.7. The van der Waals surface area contributed by atoms with Crippen molar-refractivity contribution in [1.82, 2.24) is 10.2 Å². The van der Waals surface area contributed by atoms with Gasteiger partial charge in [0.2, 0.25) is 0 Å². The first kappa shape index (κ1) is 15.6. The van der Waals surface area contributed by atoms with Crippen LogP contribution in [0.25, 0.3) is 0 Å². The van der Waals surface area contributed by atoms with Crippen LogP contribution in [-0.4, -0.2) is 42.4 Å². The third-order valence-corrected chi connectivity index (χ3v) is 3.60. The number of piperidine rings is 1. The zero-order chi connectivity index (χ0) is 15.1. The van der Waals surface area contributed by atoms with Crippen molar-refractivity contribution in [2.24, 2.45) is 0 Å². The van der Waals surface area contributed by atoms with Crippen LogP contribution in [0.5, 0.6) is 0 Å². The van der Waals surface area contributed by atoms with Gasteiger partial charge in [0.15, 0.2) is 0 Å². The van der Waals surface area contributed by atoms with Crippen LogP contribution < -0.4 is 10.6 Å². The molecule has 0 spiro atoms. The van der Waals surface area contributed by atoms with Crippen LogP contribution in [0.2, 0.25) is 0 Å². The molecule has 0 bridgehead atoms. The van der Waals surface area contributed by atoms with Gasteiger partial charge < -0.3 is 15.5 Å². The molecular formula is C15H20ClN3O2. The predicted octanol–water partition coefficient (Wildman–Crippen LogP) is 2.67. The largest absolute Gasteiger partial charge is 0.339 e. The average Bonchev–Trinajstić information content (AvgIpc) is 2.54. The Bertz CT molecular complexity index is 484. The quantitative estimate of drug-likeness (QED) is 0.840. The van der Waals surface area contributed by atoms with E-state index < -0.39 is 0 Å². The summed E-state index contributed by atoms with van der Waals surface area (Å²) in [5.41, 5.74) is 1.31. The molecule has 1 fully saturated rings. The molecule has 0 saturated carbocycles. The van der Waals surface area contributed by atoms with Crippen molar-refractivity contribution in [3.63, 3.8) is 0 Å². The SMILES string of the molecule is O=C(NCCCl)Nc1ccc(C(=O)N2CCCCC2)cc1. The zero-order valence-corrected chi connectivity index (χ0v) is 12.7. The number of urea groups is 1. The van der Waals surface area contributed by atoms with E-state index >= 15 is 0 Å². The van der Waals surface area contributed by atoms with E-state index in [9.17, 15) is 9.59 Å². The van der Waals surface area contributed by atoms with Crippen LogP contribution >= 0.6 is 11.6 Å². The number of hydrogen-bond acceptors (Lipinski definition) is 2. The molecular weight excluding hydrogens is 290 g/mol. The van der Waals surface area contributed by atoms with E-state index in [1.165, 1.54) is 6.42 Å². The van der Waals surface area contributed by atoms with Crippen molar-refractivity contribution in [2.45, 2.75) is 19.3 Å². The van der Waals surface area contributed by atoms with Crippen LogP contribution in [0, 0.1) is 0 Å². The first-order valence-corrected chi connectivity index (χ1v) is 7.74. The van der Waals surface area contributed by atoms with Crippen LogP contribution in [-0.2, 0) is 0 Å². The van der Waals surface area contributed by atoms with E-state index in [1.807, 2.05) is 4.90 Å². The molecule has 0 unspecified atom stereocenters. The Morgan fingerprint density at radius 2 is 1.76 bits per heavy atom. The van der Waals surface area contributed by atoms with Gasteiger partial charge in [-0.25, -0.2) is 4.79 Å². The fraction of sp³-hybridized carbons (Fsp3) is 0.467. The normalized spacial score (nSPS) is 14.6. The first-order valence-electron chi connectivity index (χ1n) is 7.21. The lowest BCUT2D eigenvalue weighted by molar-refractivity contribution is 0.0724. The van der Waals surface area contributed by atoms with Crippen LogP contribution in [0.3, 0.4) is 0 Å². The highest BCUT2D eigenvalue weighted by molar-refractivity contribution is 6.18. The minimum atomic E-state index is -0.300. The number of alkyl halides is 1. The number of carbonyl (C=O) groups is 2. The summed E-state index contributed by atoms with van der Waals surface area (Å²) in [7, 11) is 0. The monoisotopic (exact) mass is 309 g/mol. The number of amides is 3. The fourth-order valence-corrected chi connectivity index (χ4v) is 2.41. The molecule has 1 aliphatic rings. The Morgan fingerprint density at radius 3 is 2.38 bits per heavy atom. The molecule has 1 aromatic rings. The second kappa shape index (κ2) is 7.88. The van der Waals surface area contributed by atoms with Crippen molar-refractivity contribution < 1.29 is 9.59 Å². The molecule has 0 radical (unpaired) electrons. The van der Waals surface area contributed by atoms with Gasteiger partial charge in [-0.05, 0) is 43.5 Å². The van der Waals surface area contributed by atoms with Crippen molar-refractivity contribution in [1.29, 1.82) is 0 Å². The highest BCUT2D eigenvalue weighted by atomic mass is 35.5. The van der Waals surface area contributed by atoms with Gasteiger partial charge in [0.05, 0.1) is 0 Å². The van der Waals surface area contributed by atoms with Gasteiger partial charge in [-0.1, -0.05) is 0 Å². The number of benzene rings is 1. The summed E-state index contributed by atoms with van der Waals surface area (Å²) < 4.78 is 0. The van der Waals surface area contributed by atoms with Crippen molar-refractivity contribution in [3.05, 3.63) is 29.8 Å². The number of likely N-dealkylation sites (tertiary alicyclic amines) is 1. The Morgan fingerprint density at radius 1 is 1.10 bits per heavy atom. The standard InChI is InChI=1S/C15H20ClN3O2/c16-8-9-17-15(21)18-13-6-4-12(5-7-13)14(20)19-10-2-1-3-11-19/h4-7H,1-3,8-11H2,(H2,17,18,21). The average molecular weight is 310 g/mol. The molecule has 0 aliphatic carbocycles. The second-order valence-electron chi connectivity index (χ2n) is 5.00. The Hall–Kier alpha value is -1.75. The van der Waals surface area contributed by atoms with Gasteiger partial charge in [0.1, 0.15) is 0 Å². The molecule has 0 aromatic heterocycles. The molecule has 5 nitrogen and oxygen atoms in total. The Kier molecular flexibility index (Phi) is 5.87. The maximum atomic E-state index is 12.3. The lowest BCUT2D eigenvalue weighted by Crippen LogP contribution is -2.35. The lowest BCUT2D eigenvalue weighted by Gasteiger charge is -2.26. The van der Waals surface area contributed by atoms with Gasteiger partial charge in [0, 0.05) is 36.8 Å². The van der Waals surface area contributed by atoms with Gasteiger partial charge in [0.25, 0.3) is 5.91 Å². The molecule has 21 heavy (non-hydrogen) atoms. The summed E-state index contributed by atoms with van der Waals surface area (Å²) >= 11 is 5.49. The molecule has 2 rings (SSSR count). The second-order valence-corrected chi connectivity index (χ2v) is 5.38. The molecule has 0 atom stereocenters. The number of nitrogens with zero attached hydrogens (tertiary/aromatic N) is 1. The van der Waals surface area contributed by atoms with Crippen molar-refractivity contribution >= 4 is 29.2 Å². The molecule has 2 N–H and O–H groups in total. The molecule has 6 heteroatoms. The van der Waals surface area contributed by atoms with Gasteiger partial charge in [-0.2, -0.15) is 0 Å². The van der Waals surface area contributed by atoms with Gasteiger partial charge >= 0.3 is 6.03 Å². The smallest absolute Gasteiger partial charge is 0.319 e. The summed E-state index contributed by atoms with van der Waals surface area (Å²) in [6.07, 6.45) is 3.35. The molecule has 114 valence electrons. The number of carbonyl (C=O) groups excluding carboxylic acids is 2. The number of anilines is 1. The molecule has 3 amide bonds. The maximum absolute atomic E-state index is 12.3. The van der Waals surface area contributed by atoms with E-state index in [0.29, 0.717) is 23.7 Å². The maximum Gasteiger partial charge on any atom is 0.319 e. The Labute approximate surface area is 129 Å². The summed E-state index contributed by atoms with van der Waals surface area (Å²) in [5, 5.41) is 5.30. The molecule has 1 saturated heterocycles. The topological polar surface area (TPSA) is 61.4 Å². The van der Waals surface area contributed by atoms with E-state index in [-0.39, 0.29) is 11.9 Å². The zero-order valence-electron chi connectivity index (χ0n) is 11.9. The number of nitrogens with one attached hydrogen (secondary N) is 2. The predicted molar refractivity (Wildman–Crippen MR) is 83.9 cm³/mol.